The number of unbranched alkanes of at least 4 members (excludes halogenated alkanes) is 15. The third-order valence-electron chi connectivity index (χ3n) is 6.06. The maximum atomic E-state index is 9.27. The molecule has 1 rings (SSSR count). The van der Waals surface area contributed by atoms with Gasteiger partial charge in [0.15, 0.2) is 18.9 Å². The first-order valence-electron chi connectivity index (χ1n) is 12.8. The lowest BCUT2D eigenvalue weighted by molar-refractivity contribution is -0.689. The second-order valence-corrected chi connectivity index (χ2v) is 8.80. The quantitative estimate of drug-likeness (QED) is 0.129. The van der Waals surface area contributed by atoms with Crippen molar-refractivity contribution >= 4 is 0 Å². The van der Waals surface area contributed by atoms with E-state index in [0.29, 0.717) is 6.54 Å². The molecule has 170 valence electrons. The molecule has 0 aliphatic rings. The van der Waals surface area contributed by atoms with Gasteiger partial charge in [0.05, 0.1) is 0 Å². The molecule has 0 fully saturated rings. The van der Waals surface area contributed by atoms with Crippen molar-refractivity contribution in [2.45, 2.75) is 123 Å². The topological polar surface area (TPSA) is 51.5 Å². The predicted molar refractivity (Wildman–Crippen MR) is 129 cm³/mol. The summed E-state index contributed by atoms with van der Waals surface area (Å²) in [6.07, 6.45) is 26.5. The van der Waals surface area contributed by atoms with E-state index in [1.165, 1.54) is 96.3 Å². The first-order chi connectivity index (χ1) is 15.3. The van der Waals surface area contributed by atoms with Crippen LogP contribution in [0.15, 0.2) is 41.7 Å². The van der Waals surface area contributed by atoms with Gasteiger partial charge < -0.3 is 0 Å². The van der Waals surface area contributed by atoms with Crippen LogP contribution in [-0.2, 0) is 6.54 Å². The second kappa shape index (κ2) is 19.8. The lowest BCUT2D eigenvalue weighted by Crippen LogP contribution is -2.33. The van der Waals surface area contributed by atoms with Gasteiger partial charge in [-0.1, -0.05) is 109 Å². The zero-order valence-electron chi connectivity index (χ0n) is 20.0. The van der Waals surface area contributed by atoms with Crippen LogP contribution in [0, 0.1) is 22.7 Å². The highest BCUT2D eigenvalue weighted by Crippen LogP contribution is 2.17. The van der Waals surface area contributed by atoms with E-state index in [1.54, 1.807) is 0 Å². The molecular formula is C28H44N3+. The van der Waals surface area contributed by atoms with Gasteiger partial charge in [0.1, 0.15) is 17.7 Å². The number of rotatable bonds is 19. The van der Waals surface area contributed by atoms with Crippen LogP contribution in [0.5, 0.6) is 0 Å². The van der Waals surface area contributed by atoms with Gasteiger partial charge in [-0.15, -0.1) is 0 Å². The lowest BCUT2D eigenvalue weighted by atomic mass is 10.0. The minimum Gasteiger partial charge on any atom is -0.201 e. The minimum absolute atomic E-state index is 0.289. The number of hydrogen-bond donors (Lipinski definition) is 0. The molecule has 0 N–H and O–H groups in total. The highest BCUT2D eigenvalue weighted by molar-refractivity contribution is 5.39. The first-order valence-corrected chi connectivity index (χ1v) is 12.8. The Morgan fingerprint density at radius 2 is 1.03 bits per heavy atom. The first kappa shape index (κ1) is 26.9. The lowest BCUT2D eigenvalue weighted by Gasteiger charge is -2.06. The normalized spacial score (nSPS) is 10.4. The van der Waals surface area contributed by atoms with Gasteiger partial charge in [-0.2, -0.15) is 10.5 Å². The Morgan fingerprint density at radius 1 is 0.613 bits per heavy atom. The Hall–Kier alpha value is -2.13. The van der Waals surface area contributed by atoms with Crippen LogP contribution in [0.3, 0.4) is 0 Å². The van der Waals surface area contributed by atoms with Gasteiger partial charge >= 0.3 is 0 Å². The number of nitriles is 2. The van der Waals surface area contributed by atoms with Crippen molar-refractivity contribution in [3.63, 3.8) is 0 Å². The van der Waals surface area contributed by atoms with Crippen LogP contribution in [0.25, 0.3) is 0 Å². The second-order valence-electron chi connectivity index (χ2n) is 8.80. The van der Waals surface area contributed by atoms with Crippen LogP contribution in [0.4, 0.5) is 0 Å². The van der Waals surface area contributed by atoms with Crippen LogP contribution < -0.4 is 4.57 Å². The van der Waals surface area contributed by atoms with Gasteiger partial charge in [0, 0.05) is 17.7 Å². The van der Waals surface area contributed by atoms with Gasteiger partial charge in [0.2, 0.25) is 0 Å². The maximum absolute atomic E-state index is 9.27. The van der Waals surface area contributed by atoms with E-state index in [1.807, 2.05) is 35.2 Å². The highest BCUT2D eigenvalue weighted by atomic mass is 14.9. The van der Waals surface area contributed by atoms with E-state index in [9.17, 15) is 10.5 Å². The Labute approximate surface area is 191 Å². The average Bonchev–Trinajstić information content (AvgIpc) is 2.80. The molecule has 31 heavy (non-hydrogen) atoms. The summed E-state index contributed by atoms with van der Waals surface area (Å²) >= 11 is 0. The molecule has 1 aromatic heterocycles. The number of aromatic nitrogens is 1. The Kier molecular flexibility index (Phi) is 17.2. The molecule has 3 nitrogen and oxygen atoms in total. The molecule has 0 saturated heterocycles. The molecule has 0 atom stereocenters. The van der Waals surface area contributed by atoms with Crippen molar-refractivity contribution < 1.29 is 4.57 Å². The monoisotopic (exact) mass is 422 g/mol. The summed E-state index contributed by atoms with van der Waals surface area (Å²) < 4.78 is 2.04. The Balaban J connectivity index is 2.03. The molecule has 0 amide bonds. The zero-order chi connectivity index (χ0) is 22.4. The summed E-state index contributed by atoms with van der Waals surface area (Å²) in [5.41, 5.74) is 1.25. The third kappa shape index (κ3) is 14.5. The van der Waals surface area contributed by atoms with Crippen LogP contribution in [0.2, 0.25) is 0 Å². The van der Waals surface area contributed by atoms with E-state index in [2.05, 4.69) is 19.1 Å². The molecule has 1 aromatic rings. The Bertz CT molecular complexity index is 648. The summed E-state index contributed by atoms with van der Waals surface area (Å²) in [4.78, 5) is 0. The summed E-state index contributed by atoms with van der Waals surface area (Å²) in [6, 6.07) is 10.1. The highest BCUT2D eigenvalue weighted by Gasteiger charge is 2.11. The molecular weight excluding hydrogens is 378 g/mol. The minimum atomic E-state index is 0.289. The molecule has 0 aromatic carbocycles. The number of allylic oxidation sites excluding steroid dienone is 2. The van der Waals surface area contributed by atoms with Crippen molar-refractivity contribution in [3.05, 3.63) is 41.7 Å². The van der Waals surface area contributed by atoms with Crippen LogP contribution >= 0.6 is 0 Å². The smallest absolute Gasteiger partial charge is 0.172 e. The predicted octanol–water partition coefficient (Wildman–Crippen LogP) is 7.97. The average molecular weight is 423 g/mol. The van der Waals surface area contributed by atoms with E-state index in [4.69, 9.17) is 0 Å². The zero-order valence-corrected chi connectivity index (χ0v) is 20.0. The number of pyridine rings is 1. The van der Waals surface area contributed by atoms with Gasteiger partial charge in [-0.05, 0) is 12.8 Å². The number of nitrogens with zero attached hydrogens (tertiary/aromatic N) is 3. The van der Waals surface area contributed by atoms with E-state index < -0.39 is 0 Å². The fourth-order valence-electron chi connectivity index (χ4n) is 4.11. The molecule has 0 radical (unpaired) electrons. The fourth-order valence-corrected chi connectivity index (χ4v) is 4.11. The molecule has 0 saturated carbocycles. The van der Waals surface area contributed by atoms with Crippen LogP contribution in [0.1, 0.15) is 116 Å². The van der Waals surface area contributed by atoms with Crippen molar-refractivity contribution in [1.82, 2.24) is 0 Å². The Morgan fingerprint density at radius 3 is 1.45 bits per heavy atom. The molecule has 0 bridgehead atoms. The van der Waals surface area contributed by atoms with Crippen LogP contribution in [-0.4, -0.2) is 0 Å². The van der Waals surface area contributed by atoms with Crippen molar-refractivity contribution in [2.24, 2.45) is 0 Å². The molecule has 0 aliphatic carbocycles. The van der Waals surface area contributed by atoms with E-state index in [0.717, 1.165) is 18.4 Å². The van der Waals surface area contributed by atoms with E-state index >= 15 is 0 Å². The molecule has 1 heterocycles. The molecule has 0 unspecified atom stereocenters. The van der Waals surface area contributed by atoms with E-state index in [-0.39, 0.29) is 5.57 Å². The van der Waals surface area contributed by atoms with Crippen molar-refractivity contribution in [2.75, 3.05) is 0 Å². The largest absolute Gasteiger partial charge is 0.201 e. The SMILES string of the molecule is CCCCCCCCCCCCCCCCCCC(C[n+]1ccccc1)=C(C#N)C#N. The van der Waals surface area contributed by atoms with Crippen molar-refractivity contribution in [3.8, 4) is 12.1 Å². The molecule has 3 heteroatoms. The summed E-state index contributed by atoms with van der Waals surface area (Å²) in [5.74, 6) is 0. The summed E-state index contributed by atoms with van der Waals surface area (Å²) in [5, 5.41) is 18.5. The molecule has 0 aliphatic heterocycles. The third-order valence-corrected chi connectivity index (χ3v) is 6.06. The maximum Gasteiger partial charge on any atom is 0.172 e. The molecule has 0 spiro atoms. The van der Waals surface area contributed by atoms with Gasteiger partial charge in [-0.25, -0.2) is 4.57 Å². The summed E-state index contributed by atoms with van der Waals surface area (Å²) in [6.45, 7) is 2.91. The van der Waals surface area contributed by atoms with Gasteiger partial charge in [0.25, 0.3) is 0 Å². The summed E-state index contributed by atoms with van der Waals surface area (Å²) in [7, 11) is 0. The standard InChI is InChI=1S/C28H44N3/c1-2-3-4-5-6-7-8-9-10-11-12-13-14-15-16-18-21-27(28(24-29)25-30)26-31-22-19-17-20-23-31/h17,19-20,22-23H,2-16,18,21,26H2,1H3/q+1. The fraction of sp³-hybridized carbons (Fsp3) is 0.679. The number of hydrogen-bond acceptors (Lipinski definition) is 2. The van der Waals surface area contributed by atoms with Gasteiger partial charge in [-0.3, -0.25) is 0 Å². The van der Waals surface area contributed by atoms with Crippen molar-refractivity contribution in [1.29, 1.82) is 10.5 Å².